The van der Waals surface area contributed by atoms with Crippen LogP contribution in [0.1, 0.15) is 18.9 Å². The van der Waals surface area contributed by atoms with Gasteiger partial charge in [-0.25, -0.2) is 0 Å². The van der Waals surface area contributed by atoms with E-state index in [2.05, 4.69) is 58.2 Å². The fourth-order valence-corrected chi connectivity index (χ4v) is 2.83. The Balaban J connectivity index is 2.21. The minimum absolute atomic E-state index is 0.571. The molecule has 0 radical (unpaired) electrons. The summed E-state index contributed by atoms with van der Waals surface area (Å²) in [4.78, 5) is 2.47. The van der Waals surface area contributed by atoms with E-state index in [1.807, 2.05) is 0 Å². The minimum atomic E-state index is 0.571. The molecular weight excluding hydrogens is 264 g/mol. The highest BCUT2D eigenvalue weighted by Crippen LogP contribution is 2.23. The highest BCUT2D eigenvalue weighted by Gasteiger charge is 2.14. The molecule has 0 aliphatic carbocycles. The molecule has 1 atom stereocenters. The van der Waals surface area contributed by atoms with Gasteiger partial charge in [0.1, 0.15) is 0 Å². The van der Waals surface area contributed by atoms with Gasteiger partial charge in [0.2, 0.25) is 0 Å². The molecule has 1 heterocycles. The number of aryl methyl sites for hydroxylation is 1. The van der Waals surface area contributed by atoms with Crippen LogP contribution in [0, 0.1) is 6.92 Å². The lowest BCUT2D eigenvalue weighted by Gasteiger charge is -2.25. The fraction of sp³-hybridized carbons (Fsp3) is 0.538. The van der Waals surface area contributed by atoms with Crippen molar-refractivity contribution in [1.82, 2.24) is 5.32 Å². The molecule has 0 bridgehead atoms. The monoisotopic (exact) mass is 282 g/mol. The predicted molar refractivity (Wildman–Crippen MR) is 73.2 cm³/mol. The van der Waals surface area contributed by atoms with E-state index in [9.17, 15) is 0 Å². The van der Waals surface area contributed by atoms with Crippen LogP contribution in [0.4, 0.5) is 5.69 Å². The van der Waals surface area contributed by atoms with Crippen molar-refractivity contribution in [3.05, 3.63) is 28.2 Å². The van der Waals surface area contributed by atoms with Gasteiger partial charge in [0.05, 0.1) is 0 Å². The first-order chi connectivity index (χ1) is 7.65. The molecule has 2 nitrogen and oxygen atoms in total. The Morgan fingerprint density at radius 2 is 2.19 bits per heavy atom. The summed E-state index contributed by atoms with van der Waals surface area (Å²) in [5.41, 5.74) is 2.65. The first-order valence-electron chi connectivity index (χ1n) is 5.90. The molecule has 1 N–H and O–H groups in total. The molecule has 0 amide bonds. The van der Waals surface area contributed by atoms with Crippen molar-refractivity contribution in [3.8, 4) is 0 Å². The third kappa shape index (κ3) is 2.98. The molecule has 0 spiro atoms. The largest absolute Gasteiger partial charge is 0.370 e. The van der Waals surface area contributed by atoms with Gasteiger partial charge >= 0.3 is 0 Å². The Morgan fingerprint density at radius 3 is 2.94 bits per heavy atom. The van der Waals surface area contributed by atoms with Crippen LogP contribution < -0.4 is 10.2 Å². The van der Waals surface area contributed by atoms with Gasteiger partial charge in [-0.05, 0) is 50.6 Å². The molecular formula is C13H19BrN2. The summed E-state index contributed by atoms with van der Waals surface area (Å²) in [6, 6.07) is 7.21. The first kappa shape index (κ1) is 11.9. The van der Waals surface area contributed by atoms with E-state index in [1.165, 1.54) is 22.1 Å². The summed E-state index contributed by atoms with van der Waals surface area (Å²) in [7, 11) is 0. The van der Waals surface area contributed by atoms with Crippen LogP contribution in [0.5, 0.6) is 0 Å². The number of nitrogens with zero attached hydrogens (tertiary/aromatic N) is 1. The zero-order valence-electron chi connectivity index (χ0n) is 9.96. The normalized spacial score (nSPS) is 21.9. The molecule has 1 aromatic rings. The number of halogens is 1. The molecule has 1 aromatic carbocycles. The maximum Gasteiger partial charge on any atom is 0.0380 e. The minimum Gasteiger partial charge on any atom is -0.370 e. The predicted octanol–water partition coefficient (Wildman–Crippen LogP) is 2.95. The van der Waals surface area contributed by atoms with Crippen LogP contribution >= 0.6 is 15.9 Å². The molecule has 1 aliphatic heterocycles. The van der Waals surface area contributed by atoms with E-state index in [0.717, 1.165) is 19.6 Å². The Morgan fingerprint density at radius 1 is 1.38 bits per heavy atom. The van der Waals surface area contributed by atoms with Crippen molar-refractivity contribution in [3.63, 3.8) is 0 Å². The molecule has 88 valence electrons. The number of benzene rings is 1. The second-order valence-corrected chi connectivity index (χ2v) is 5.56. The maximum absolute atomic E-state index is 3.57. The van der Waals surface area contributed by atoms with Crippen molar-refractivity contribution >= 4 is 21.6 Å². The highest BCUT2D eigenvalue weighted by molar-refractivity contribution is 9.10. The van der Waals surface area contributed by atoms with Crippen molar-refractivity contribution in [1.29, 1.82) is 0 Å². The van der Waals surface area contributed by atoms with E-state index in [-0.39, 0.29) is 0 Å². The average molecular weight is 283 g/mol. The standard InChI is InChI=1S/C13H19BrN2/c1-10-6-12(14)8-13(7-10)16-5-3-4-15-11(2)9-16/h6-8,11,15H,3-5,9H2,1-2H3. The van der Waals surface area contributed by atoms with E-state index < -0.39 is 0 Å². The average Bonchev–Trinajstić information content (AvgIpc) is 2.41. The number of hydrogen-bond acceptors (Lipinski definition) is 2. The Bertz CT molecular complexity index is 345. The Labute approximate surface area is 106 Å². The van der Waals surface area contributed by atoms with E-state index in [1.54, 1.807) is 0 Å². The molecule has 2 rings (SSSR count). The Kier molecular flexibility index (Phi) is 3.87. The number of hydrogen-bond donors (Lipinski definition) is 1. The zero-order chi connectivity index (χ0) is 11.5. The van der Waals surface area contributed by atoms with Crippen LogP contribution in [-0.2, 0) is 0 Å². The highest BCUT2D eigenvalue weighted by atomic mass is 79.9. The summed E-state index contributed by atoms with van der Waals surface area (Å²) < 4.78 is 1.17. The molecule has 1 unspecified atom stereocenters. The molecule has 0 aromatic heterocycles. The summed E-state index contributed by atoms with van der Waals surface area (Å²) >= 11 is 3.57. The van der Waals surface area contributed by atoms with Gasteiger partial charge in [-0.1, -0.05) is 15.9 Å². The van der Waals surface area contributed by atoms with Gasteiger partial charge in [0.25, 0.3) is 0 Å². The van der Waals surface area contributed by atoms with Crippen molar-refractivity contribution < 1.29 is 0 Å². The summed E-state index contributed by atoms with van der Waals surface area (Å²) in [5.74, 6) is 0. The van der Waals surface area contributed by atoms with Crippen molar-refractivity contribution in [2.24, 2.45) is 0 Å². The summed E-state index contributed by atoms with van der Waals surface area (Å²) in [5, 5.41) is 3.52. The lowest BCUT2D eigenvalue weighted by Crippen LogP contribution is -2.35. The van der Waals surface area contributed by atoms with Crippen LogP contribution in [0.15, 0.2) is 22.7 Å². The fourth-order valence-electron chi connectivity index (χ4n) is 2.24. The van der Waals surface area contributed by atoms with E-state index in [0.29, 0.717) is 6.04 Å². The molecule has 1 fully saturated rings. The Hall–Kier alpha value is -0.540. The molecule has 1 saturated heterocycles. The quantitative estimate of drug-likeness (QED) is 0.852. The summed E-state index contributed by atoms with van der Waals surface area (Å²) in [6.45, 7) is 7.77. The number of nitrogens with one attached hydrogen (secondary N) is 1. The van der Waals surface area contributed by atoms with Crippen LogP contribution in [0.25, 0.3) is 0 Å². The smallest absolute Gasteiger partial charge is 0.0380 e. The van der Waals surface area contributed by atoms with Crippen LogP contribution in [0.2, 0.25) is 0 Å². The van der Waals surface area contributed by atoms with Gasteiger partial charge in [-0.2, -0.15) is 0 Å². The van der Waals surface area contributed by atoms with E-state index in [4.69, 9.17) is 0 Å². The topological polar surface area (TPSA) is 15.3 Å². The molecule has 0 saturated carbocycles. The van der Waals surface area contributed by atoms with Gasteiger partial charge in [0, 0.05) is 29.3 Å². The lowest BCUT2D eigenvalue weighted by molar-refractivity contribution is 0.585. The number of anilines is 1. The van der Waals surface area contributed by atoms with Gasteiger partial charge in [0.15, 0.2) is 0 Å². The second kappa shape index (κ2) is 5.19. The molecule has 1 aliphatic rings. The van der Waals surface area contributed by atoms with Crippen LogP contribution in [-0.4, -0.2) is 25.7 Å². The SMILES string of the molecule is Cc1cc(Br)cc(N2CCCNC(C)C2)c1. The number of rotatable bonds is 1. The third-order valence-corrected chi connectivity index (χ3v) is 3.44. The van der Waals surface area contributed by atoms with Crippen molar-refractivity contribution in [2.75, 3.05) is 24.5 Å². The van der Waals surface area contributed by atoms with Gasteiger partial charge < -0.3 is 10.2 Å². The van der Waals surface area contributed by atoms with Crippen LogP contribution in [0.3, 0.4) is 0 Å². The maximum atomic E-state index is 3.57. The molecule has 16 heavy (non-hydrogen) atoms. The zero-order valence-corrected chi connectivity index (χ0v) is 11.5. The van der Waals surface area contributed by atoms with Gasteiger partial charge in [-0.15, -0.1) is 0 Å². The van der Waals surface area contributed by atoms with Gasteiger partial charge in [-0.3, -0.25) is 0 Å². The second-order valence-electron chi connectivity index (χ2n) is 4.64. The van der Waals surface area contributed by atoms with Crippen molar-refractivity contribution in [2.45, 2.75) is 26.3 Å². The third-order valence-electron chi connectivity index (χ3n) is 2.98. The first-order valence-corrected chi connectivity index (χ1v) is 6.70. The molecule has 3 heteroatoms. The van der Waals surface area contributed by atoms with E-state index >= 15 is 0 Å². The lowest BCUT2D eigenvalue weighted by atomic mass is 10.2. The summed E-state index contributed by atoms with van der Waals surface area (Å²) in [6.07, 6.45) is 1.22.